The number of halogens is 1. The summed E-state index contributed by atoms with van der Waals surface area (Å²) in [4.78, 5) is 12.6. The first-order valence-corrected chi connectivity index (χ1v) is 11.3. The number of nitrogens with one attached hydrogen (secondary N) is 1. The van der Waals surface area contributed by atoms with Gasteiger partial charge in [0.2, 0.25) is 10.0 Å². The van der Waals surface area contributed by atoms with E-state index in [1.165, 1.54) is 6.07 Å². The van der Waals surface area contributed by atoms with Gasteiger partial charge in [-0.2, -0.15) is 4.31 Å². The van der Waals surface area contributed by atoms with Gasteiger partial charge in [0.05, 0.1) is 4.90 Å². The van der Waals surface area contributed by atoms with Crippen molar-refractivity contribution < 1.29 is 13.2 Å². The topological polar surface area (TPSA) is 66.5 Å². The lowest BCUT2D eigenvalue weighted by molar-refractivity contribution is 0.0954. The zero-order valence-electron chi connectivity index (χ0n) is 15.9. The summed E-state index contributed by atoms with van der Waals surface area (Å²) >= 11 is 5.87. The van der Waals surface area contributed by atoms with Crippen LogP contribution < -0.4 is 5.32 Å². The van der Waals surface area contributed by atoms with Gasteiger partial charge in [-0.25, -0.2) is 8.42 Å². The maximum Gasteiger partial charge on any atom is 0.251 e. The Hall–Kier alpha value is -1.89. The Morgan fingerprint density at radius 3 is 2.64 bits per heavy atom. The fourth-order valence-corrected chi connectivity index (χ4v) is 5.31. The molecule has 28 heavy (non-hydrogen) atoms. The molecule has 2 aromatic rings. The predicted octanol–water partition coefficient (Wildman–Crippen LogP) is 3.88. The first kappa shape index (κ1) is 20.8. The van der Waals surface area contributed by atoms with Gasteiger partial charge >= 0.3 is 0 Å². The van der Waals surface area contributed by atoms with Gasteiger partial charge in [-0.1, -0.05) is 36.2 Å². The lowest BCUT2D eigenvalue weighted by Crippen LogP contribution is -2.42. The Bertz CT molecular complexity index is 929. The highest BCUT2D eigenvalue weighted by molar-refractivity contribution is 7.89. The molecule has 1 N–H and O–H groups in total. The van der Waals surface area contributed by atoms with Crippen LogP contribution in [0.1, 0.15) is 42.1 Å². The smallest absolute Gasteiger partial charge is 0.251 e. The van der Waals surface area contributed by atoms with E-state index in [2.05, 4.69) is 5.32 Å². The number of sulfonamides is 1. The molecule has 0 aliphatic carbocycles. The van der Waals surface area contributed by atoms with Gasteiger partial charge in [-0.05, 0) is 62.1 Å². The monoisotopic (exact) mass is 420 g/mol. The maximum absolute atomic E-state index is 13.0. The molecule has 0 spiro atoms. The van der Waals surface area contributed by atoms with Gasteiger partial charge in [0, 0.05) is 29.7 Å². The second kappa shape index (κ2) is 9.07. The molecule has 1 saturated heterocycles. The van der Waals surface area contributed by atoms with Crippen molar-refractivity contribution in [3.8, 4) is 0 Å². The van der Waals surface area contributed by atoms with E-state index >= 15 is 0 Å². The standard InChI is InChI=1S/C21H25ClN2O3S/c1-16-5-2-3-14-24(16)28(26,27)20-7-4-6-18(15-20)21(25)23-13-12-17-8-10-19(22)11-9-17/h4,6-11,15-16H,2-3,5,12-14H2,1H3,(H,23,25). The highest BCUT2D eigenvalue weighted by atomic mass is 35.5. The Balaban J connectivity index is 1.66. The quantitative estimate of drug-likeness (QED) is 0.771. The molecule has 1 amide bonds. The molecule has 0 radical (unpaired) electrons. The molecular weight excluding hydrogens is 396 g/mol. The average Bonchev–Trinajstić information content (AvgIpc) is 2.69. The van der Waals surface area contributed by atoms with Gasteiger partial charge in [0.1, 0.15) is 0 Å². The van der Waals surface area contributed by atoms with Gasteiger partial charge in [0.25, 0.3) is 5.91 Å². The summed E-state index contributed by atoms with van der Waals surface area (Å²) in [6.45, 7) is 2.92. The number of carbonyl (C=O) groups is 1. The van der Waals surface area contributed by atoms with Crippen molar-refractivity contribution in [3.63, 3.8) is 0 Å². The first-order valence-electron chi connectivity index (χ1n) is 9.52. The molecule has 1 atom stereocenters. The summed E-state index contributed by atoms with van der Waals surface area (Å²) in [6.07, 6.45) is 3.45. The van der Waals surface area contributed by atoms with Crippen molar-refractivity contribution in [1.29, 1.82) is 0 Å². The Morgan fingerprint density at radius 2 is 1.93 bits per heavy atom. The largest absolute Gasteiger partial charge is 0.352 e. The first-order chi connectivity index (χ1) is 13.4. The van der Waals surface area contributed by atoms with Crippen LogP contribution in [0.15, 0.2) is 53.4 Å². The minimum Gasteiger partial charge on any atom is -0.352 e. The molecule has 150 valence electrons. The van der Waals surface area contributed by atoms with Crippen molar-refractivity contribution in [2.75, 3.05) is 13.1 Å². The zero-order chi connectivity index (χ0) is 20.1. The number of benzene rings is 2. The summed E-state index contributed by atoms with van der Waals surface area (Å²) < 4.78 is 27.5. The van der Waals surface area contributed by atoms with Crippen LogP contribution in [0, 0.1) is 0 Å². The molecule has 5 nitrogen and oxygen atoms in total. The highest BCUT2D eigenvalue weighted by Gasteiger charge is 2.31. The van der Waals surface area contributed by atoms with E-state index in [0.717, 1.165) is 24.8 Å². The molecule has 1 fully saturated rings. The van der Waals surface area contributed by atoms with E-state index in [0.29, 0.717) is 30.1 Å². The summed E-state index contributed by atoms with van der Waals surface area (Å²) in [6, 6.07) is 13.7. The van der Waals surface area contributed by atoms with Crippen LogP contribution in [0.3, 0.4) is 0 Å². The number of amides is 1. The third kappa shape index (κ3) is 4.93. The highest BCUT2D eigenvalue weighted by Crippen LogP contribution is 2.25. The van der Waals surface area contributed by atoms with Crippen LogP contribution in [0.2, 0.25) is 5.02 Å². The summed E-state index contributed by atoms with van der Waals surface area (Å²) in [7, 11) is -3.59. The molecule has 0 saturated carbocycles. The minimum absolute atomic E-state index is 0.0180. The number of nitrogens with zero attached hydrogens (tertiary/aromatic N) is 1. The van der Waals surface area contributed by atoms with Crippen LogP contribution in [-0.2, 0) is 16.4 Å². The molecular formula is C21H25ClN2O3S. The van der Waals surface area contributed by atoms with E-state index in [9.17, 15) is 13.2 Å². The average molecular weight is 421 g/mol. The van der Waals surface area contributed by atoms with Gasteiger partial charge in [0.15, 0.2) is 0 Å². The molecule has 1 aliphatic rings. The second-order valence-corrected chi connectivity index (χ2v) is 9.45. The lowest BCUT2D eigenvalue weighted by Gasteiger charge is -2.32. The van der Waals surface area contributed by atoms with Gasteiger partial charge in [-0.15, -0.1) is 0 Å². The minimum atomic E-state index is -3.59. The summed E-state index contributed by atoms with van der Waals surface area (Å²) in [5.74, 6) is -0.280. The SMILES string of the molecule is CC1CCCCN1S(=O)(=O)c1cccc(C(=O)NCCc2ccc(Cl)cc2)c1. The number of carbonyl (C=O) groups excluding carboxylic acids is 1. The fraction of sp³-hybridized carbons (Fsp3) is 0.381. The van der Waals surface area contributed by atoms with E-state index in [1.807, 2.05) is 31.2 Å². The molecule has 1 heterocycles. The van der Waals surface area contributed by atoms with Crippen LogP contribution in [0.5, 0.6) is 0 Å². The predicted molar refractivity (Wildman–Crippen MR) is 111 cm³/mol. The Kier molecular flexibility index (Phi) is 6.75. The molecule has 0 bridgehead atoms. The number of piperidine rings is 1. The van der Waals surface area contributed by atoms with E-state index in [1.54, 1.807) is 22.5 Å². The third-order valence-corrected chi connectivity index (χ3v) is 7.32. The molecule has 1 unspecified atom stereocenters. The lowest BCUT2D eigenvalue weighted by atomic mass is 10.1. The normalized spacial score (nSPS) is 18.0. The fourth-order valence-electron chi connectivity index (χ4n) is 3.44. The molecule has 2 aromatic carbocycles. The Labute approximate surface area is 171 Å². The molecule has 0 aromatic heterocycles. The van der Waals surface area contributed by atoms with E-state index in [4.69, 9.17) is 11.6 Å². The Morgan fingerprint density at radius 1 is 1.18 bits per heavy atom. The second-order valence-electron chi connectivity index (χ2n) is 7.12. The van der Waals surface area contributed by atoms with Crippen molar-refractivity contribution in [3.05, 3.63) is 64.7 Å². The van der Waals surface area contributed by atoms with Crippen LogP contribution in [0.25, 0.3) is 0 Å². The number of rotatable bonds is 6. The van der Waals surface area contributed by atoms with Gasteiger partial charge in [-0.3, -0.25) is 4.79 Å². The zero-order valence-corrected chi connectivity index (χ0v) is 17.5. The third-order valence-electron chi connectivity index (χ3n) is 5.06. The van der Waals surface area contributed by atoms with Crippen molar-refractivity contribution in [1.82, 2.24) is 9.62 Å². The maximum atomic E-state index is 13.0. The molecule has 1 aliphatic heterocycles. The van der Waals surface area contributed by atoms with E-state index in [-0.39, 0.29) is 16.8 Å². The summed E-state index contributed by atoms with van der Waals surface area (Å²) in [5, 5.41) is 3.52. The molecule has 3 rings (SSSR count). The van der Waals surface area contributed by atoms with Crippen LogP contribution in [-0.4, -0.2) is 37.8 Å². The van der Waals surface area contributed by atoms with Crippen LogP contribution >= 0.6 is 11.6 Å². The molecule has 7 heteroatoms. The summed E-state index contributed by atoms with van der Waals surface area (Å²) in [5.41, 5.74) is 1.42. The van der Waals surface area contributed by atoms with Gasteiger partial charge < -0.3 is 5.32 Å². The van der Waals surface area contributed by atoms with Crippen LogP contribution in [0.4, 0.5) is 0 Å². The van der Waals surface area contributed by atoms with Crippen molar-refractivity contribution in [2.24, 2.45) is 0 Å². The van der Waals surface area contributed by atoms with Crippen molar-refractivity contribution in [2.45, 2.75) is 43.5 Å². The van der Waals surface area contributed by atoms with Crippen molar-refractivity contribution >= 4 is 27.5 Å². The van der Waals surface area contributed by atoms with E-state index < -0.39 is 10.0 Å². The number of hydrogen-bond donors (Lipinski definition) is 1. The number of hydrogen-bond acceptors (Lipinski definition) is 3.